The number of fused-ring (bicyclic) bond motifs is 1. The van der Waals surface area contributed by atoms with Crippen molar-refractivity contribution in [3.8, 4) is 0 Å². The van der Waals surface area contributed by atoms with Crippen LogP contribution in [0.3, 0.4) is 0 Å². The van der Waals surface area contributed by atoms with Crippen molar-refractivity contribution in [2.45, 2.75) is 5.25 Å². The molecule has 86 valence electrons. The van der Waals surface area contributed by atoms with Crippen molar-refractivity contribution in [3.05, 3.63) is 29.3 Å². The SMILES string of the molecule is O=S(=O)(Cl)C(F)(F)c1nc2ccccc2s1. The van der Waals surface area contributed by atoms with Crippen LogP contribution < -0.4 is 0 Å². The van der Waals surface area contributed by atoms with Gasteiger partial charge in [-0.25, -0.2) is 13.4 Å². The number of aromatic nitrogens is 1. The highest BCUT2D eigenvalue weighted by molar-refractivity contribution is 8.14. The quantitative estimate of drug-likeness (QED) is 0.796. The van der Waals surface area contributed by atoms with Crippen LogP contribution in [0.1, 0.15) is 5.01 Å². The van der Waals surface area contributed by atoms with Gasteiger partial charge in [0.2, 0.25) is 0 Å². The molecule has 8 heteroatoms. The van der Waals surface area contributed by atoms with Crippen LogP contribution in [0.25, 0.3) is 10.2 Å². The lowest BCUT2D eigenvalue weighted by Gasteiger charge is -2.07. The largest absolute Gasteiger partial charge is 0.410 e. The minimum absolute atomic E-state index is 0.322. The maximum atomic E-state index is 13.3. The van der Waals surface area contributed by atoms with E-state index in [1.165, 1.54) is 6.07 Å². The van der Waals surface area contributed by atoms with Crippen molar-refractivity contribution < 1.29 is 17.2 Å². The van der Waals surface area contributed by atoms with Crippen LogP contribution in [0.4, 0.5) is 8.78 Å². The normalized spacial score (nSPS) is 13.2. The number of benzene rings is 1. The number of rotatable bonds is 2. The van der Waals surface area contributed by atoms with Crippen LogP contribution in [0.15, 0.2) is 24.3 Å². The summed E-state index contributed by atoms with van der Waals surface area (Å²) in [4.78, 5) is 3.56. The molecule has 0 atom stereocenters. The summed E-state index contributed by atoms with van der Waals surface area (Å²) < 4.78 is 48.6. The Morgan fingerprint density at radius 1 is 1.31 bits per heavy atom. The number of hydrogen-bond donors (Lipinski definition) is 0. The van der Waals surface area contributed by atoms with Gasteiger partial charge in [-0.1, -0.05) is 12.1 Å². The third-order valence-electron chi connectivity index (χ3n) is 1.85. The van der Waals surface area contributed by atoms with Gasteiger partial charge in [-0.2, -0.15) is 8.78 Å². The molecule has 1 aromatic carbocycles. The van der Waals surface area contributed by atoms with Gasteiger partial charge in [0.25, 0.3) is 0 Å². The molecule has 0 aliphatic carbocycles. The molecule has 1 heterocycles. The Kier molecular flexibility index (Phi) is 2.64. The minimum atomic E-state index is -5.02. The average Bonchev–Trinajstić information content (AvgIpc) is 2.59. The molecule has 2 rings (SSSR count). The zero-order valence-corrected chi connectivity index (χ0v) is 9.91. The Bertz CT molecular complexity index is 605. The molecular weight excluding hydrogens is 280 g/mol. The van der Waals surface area contributed by atoms with Crippen LogP contribution in [0.2, 0.25) is 0 Å². The first-order valence-corrected chi connectivity index (χ1v) is 7.13. The zero-order chi connectivity index (χ0) is 12.0. The monoisotopic (exact) mass is 283 g/mol. The standard InChI is InChI=1S/C8H4ClF2NO2S2/c9-16(13,14)8(10,11)7-12-5-3-1-2-4-6(5)15-7/h1-4H. The highest BCUT2D eigenvalue weighted by atomic mass is 35.7. The third-order valence-corrected chi connectivity index (χ3v) is 4.47. The fraction of sp³-hybridized carbons (Fsp3) is 0.125. The lowest BCUT2D eigenvalue weighted by Crippen LogP contribution is -2.21. The first-order chi connectivity index (χ1) is 7.32. The number of alkyl halides is 2. The Morgan fingerprint density at radius 2 is 1.94 bits per heavy atom. The molecule has 0 bridgehead atoms. The van der Waals surface area contributed by atoms with E-state index in [2.05, 4.69) is 15.7 Å². The van der Waals surface area contributed by atoms with Gasteiger partial charge < -0.3 is 0 Å². The minimum Gasteiger partial charge on any atom is -0.234 e. The van der Waals surface area contributed by atoms with Gasteiger partial charge in [-0.15, -0.1) is 11.3 Å². The highest BCUT2D eigenvalue weighted by Crippen LogP contribution is 2.40. The first kappa shape index (κ1) is 11.7. The molecule has 0 unspecified atom stereocenters. The predicted octanol–water partition coefficient (Wildman–Crippen LogP) is 2.91. The van der Waals surface area contributed by atoms with Crippen molar-refractivity contribution in [2.24, 2.45) is 0 Å². The van der Waals surface area contributed by atoms with Crippen LogP contribution in [0.5, 0.6) is 0 Å². The van der Waals surface area contributed by atoms with Gasteiger partial charge >= 0.3 is 14.3 Å². The molecule has 1 aromatic heterocycles. The van der Waals surface area contributed by atoms with Crippen LogP contribution in [-0.2, 0) is 14.3 Å². The predicted molar refractivity (Wildman–Crippen MR) is 58.3 cm³/mol. The van der Waals surface area contributed by atoms with E-state index in [-0.39, 0.29) is 0 Å². The van der Waals surface area contributed by atoms with E-state index in [9.17, 15) is 17.2 Å². The van der Waals surface area contributed by atoms with Crippen molar-refractivity contribution in [1.82, 2.24) is 4.98 Å². The Hall–Kier alpha value is -0.790. The lowest BCUT2D eigenvalue weighted by molar-refractivity contribution is 0.0935. The van der Waals surface area contributed by atoms with E-state index in [4.69, 9.17) is 0 Å². The summed E-state index contributed by atoms with van der Waals surface area (Å²) in [5.41, 5.74) is 0.322. The summed E-state index contributed by atoms with van der Waals surface area (Å²) in [6.45, 7) is 0. The lowest BCUT2D eigenvalue weighted by atomic mass is 10.3. The fourth-order valence-electron chi connectivity index (χ4n) is 1.10. The first-order valence-electron chi connectivity index (χ1n) is 4.00. The van der Waals surface area contributed by atoms with E-state index < -0.39 is 19.3 Å². The molecule has 0 saturated heterocycles. The molecule has 0 spiro atoms. The topological polar surface area (TPSA) is 47.0 Å². The number of hydrogen-bond acceptors (Lipinski definition) is 4. The summed E-state index contributed by atoms with van der Waals surface area (Å²) >= 11 is 0.606. The molecule has 0 fully saturated rings. The number of para-hydroxylation sites is 1. The Labute approximate surface area is 98.1 Å². The summed E-state index contributed by atoms with van der Waals surface area (Å²) in [7, 11) is -0.340. The summed E-state index contributed by atoms with van der Waals surface area (Å²) in [6, 6.07) is 6.37. The van der Waals surface area contributed by atoms with Gasteiger partial charge in [0.05, 0.1) is 10.2 Å². The van der Waals surface area contributed by atoms with E-state index in [1.54, 1.807) is 18.2 Å². The van der Waals surface area contributed by atoms with Gasteiger partial charge in [-0.3, -0.25) is 0 Å². The molecular formula is C8H4ClF2NO2S2. The summed E-state index contributed by atoms with van der Waals surface area (Å²) in [5, 5.41) is -4.97. The molecule has 0 aliphatic heterocycles. The van der Waals surface area contributed by atoms with E-state index >= 15 is 0 Å². The van der Waals surface area contributed by atoms with Crippen molar-refractivity contribution in [3.63, 3.8) is 0 Å². The number of nitrogens with zero attached hydrogens (tertiary/aromatic N) is 1. The second-order valence-electron chi connectivity index (χ2n) is 2.94. The number of halogens is 3. The van der Waals surface area contributed by atoms with Gasteiger partial charge in [-0.05, 0) is 12.1 Å². The van der Waals surface area contributed by atoms with Gasteiger partial charge in [0.15, 0.2) is 5.01 Å². The molecule has 0 saturated carbocycles. The zero-order valence-electron chi connectivity index (χ0n) is 7.52. The molecule has 0 N–H and O–H groups in total. The maximum Gasteiger partial charge on any atom is 0.410 e. The summed E-state index contributed by atoms with van der Waals surface area (Å²) in [5.74, 6) is 0. The van der Waals surface area contributed by atoms with Crippen LogP contribution in [-0.4, -0.2) is 13.4 Å². The van der Waals surface area contributed by atoms with E-state index in [0.717, 1.165) is 0 Å². The molecule has 3 nitrogen and oxygen atoms in total. The second kappa shape index (κ2) is 3.61. The van der Waals surface area contributed by atoms with Crippen molar-refractivity contribution >= 4 is 41.3 Å². The molecule has 2 aromatic rings. The summed E-state index contributed by atoms with van der Waals surface area (Å²) in [6.07, 6.45) is 0. The third kappa shape index (κ3) is 1.79. The fourth-order valence-corrected chi connectivity index (χ4v) is 3.00. The van der Waals surface area contributed by atoms with Gasteiger partial charge in [0.1, 0.15) is 0 Å². The molecule has 16 heavy (non-hydrogen) atoms. The second-order valence-corrected chi connectivity index (χ2v) is 6.58. The van der Waals surface area contributed by atoms with E-state index in [1.807, 2.05) is 0 Å². The average molecular weight is 284 g/mol. The number of thiazole rings is 1. The van der Waals surface area contributed by atoms with Crippen molar-refractivity contribution in [2.75, 3.05) is 0 Å². The van der Waals surface area contributed by atoms with Crippen LogP contribution in [0, 0.1) is 0 Å². The van der Waals surface area contributed by atoms with Crippen molar-refractivity contribution in [1.29, 1.82) is 0 Å². The maximum absolute atomic E-state index is 13.3. The smallest absolute Gasteiger partial charge is 0.234 e. The molecule has 0 radical (unpaired) electrons. The molecule has 0 aliphatic rings. The molecule has 0 amide bonds. The van der Waals surface area contributed by atoms with Gasteiger partial charge in [0, 0.05) is 10.7 Å². The Morgan fingerprint density at radius 3 is 2.50 bits per heavy atom. The van der Waals surface area contributed by atoms with Crippen LogP contribution >= 0.6 is 22.0 Å². The van der Waals surface area contributed by atoms with E-state index in [0.29, 0.717) is 21.6 Å². The Balaban J connectivity index is 2.65. The highest BCUT2D eigenvalue weighted by Gasteiger charge is 2.48.